The molecule has 0 radical (unpaired) electrons. The minimum absolute atomic E-state index is 0.218. The lowest BCUT2D eigenvalue weighted by Crippen LogP contribution is -2.46. The number of carbonyl (C=O) groups excluding carboxylic acids is 2. The maximum Gasteiger partial charge on any atom is 0.323 e. The number of nitrogens with zero attached hydrogens (tertiary/aromatic N) is 1. The number of amides is 1. The second-order valence-electron chi connectivity index (χ2n) is 7.75. The normalized spacial score (nSPS) is 23.8. The van der Waals surface area contributed by atoms with E-state index >= 15 is 0 Å². The number of benzene rings is 1. The highest BCUT2D eigenvalue weighted by Crippen LogP contribution is 2.26. The average Bonchev–Trinajstić information content (AvgIpc) is 3.33. The fourth-order valence-electron chi connectivity index (χ4n) is 3.80. The number of rotatable bonds is 7. The highest BCUT2D eigenvalue weighted by Gasteiger charge is 2.48. The number of ether oxygens (including phenoxy) is 2. The lowest BCUT2D eigenvalue weighted by atomic mass is 10.1. The van der Waals surface area contributed by atoms with Gasteiger partial charge in [-0.15, -0.1) is 0 Å². The number of carbonyl (C=O) groups is 2. The molecule has 0 aliphatic carbocycles. The third kappa shape index (κ3) is 4.34. The Morgan fingerprint density at radius 2 is 1.97 bits per heavy atom. The Kier molecular flexibility index (Phi) is 6.19. The summed E-state index contributed by atoms with van der Waals surface area (Å²) in [4.78, 5) is 26.9. The lowest BCUT2D eigenvalue weighted by Gasteiger charge is -2.16. The summed E-state index contributed by atoms with van der Waals surface area (Å²) in [5.74, 6) is -1.28. The standard InChI is InChI=1S/C22H24N4O6/c23-15(8-13-9-25-16-6-2-1-5-14(13)16)22(30)31-11-17-18(27)19(28)21(32-17)26-7-3-4-12(10-26)20(24)29/h1-7,9-10,15,17-19,21,25,27-28H,8,11,23H2,(H-,24,29)/p+1/t15-,17+,18+,19+,21+/m0/s1. The molecule has 0 bridgehead atoms. The number of fused-ring (bicyclic) bond motifs is 1. The predicted octanol–water partition coefficient (Wildman–Crippen LogP) is -0.713. The van der Waals surface area contributed by atoms with Crippen LogP contribution in [0.15, 0.2) is 55.0 Å². The maximum absolute atomic E-state index is 12.4. The highest BCUT2D eigenvalue weighted by molar-refractivity contribution is 5.92. The van der Waals surface area contributed by atoms with Crippen molar-refractivity contribution >= 4 is 22.8 Å². The summed E-state index contributed by atoms with van der Waals surface area (Å²) in [5.41, 5.74) is 13.4. The first-order valence-electron chi connectivity index (χ1n) is 10.1. The van der Waals surface area contributed by atoms with E-state index in [0.717, 1.165) is 16.5 Å². The molecule has 0 saturated carbocycles. The monoisotopic (exact) mass is 441 g/mol. The number of aromatic amines is 1. The fourth-order valence-corrected chi connectivity index (χ4v) is 3.80. The summed E-state index contributed by atoms with van der Waals surface area (Å²) in [7, 11) is 0. The zero-order valence-corrected chi connectivity index (χ0v) is 17.1. The number of para-hydroxylation sites is 1. The molecule has 1 saturated heterocycles. The van der Waals surface area contributed by atoms with E-state index in [0.29, 0.717) is 0 Å². The van der Waals surface area contributed by atoms with E-state index in [2.05, 4.69) is 4.98 Å². The molecule has 1 aromatic carbocycles. The van der Waals surface area contributed by atoms with Gasteiger partial charge in [-0.25, -0.2) is 0 Å². The maximum atomic E-state index is 12.4. The molecule has 2 aromatic heterocycles. The number of aliphatic hydroxyl groups excluding tert-OH is 2. The fraction of sp³-hybridized carbons (Fsp3) is 0.318. The summed E-state index contributed by atoms with van der Waals surface area (Å²) >= 11 is 0. The van der Waals surface area contributed by atoms with Gasteiger partial charge in [-0.1, -0.05) is 18.2 Å². The second-order valence-corrected chi connectivity index (χ2v) is 7.75. The molecule has 3 heterocycles. The minimum Gasteiger partial charge on any atom is -0.462 e. The molecule has 10 heteroatoms. The van der Waals surface area contributed by atoms with Crippen LogP contribution in [0.1, 0.15) is 22.1 Å². The quantitative estimate of drug-likeness (QED) is 0.239. The summed E-state index contributed by atoms with van der Waals surface area (Å²) in [5, 5.41) is 21.7. The number of hydrogen-bond donors (Lipinski definition) is 5. The molecule has 3 aromatic rings. The van der Waals surface area contributed by atoms with Crippen molar-refractivity contribution in [2.75, 3.05) is 6.61 Å². The van der Waals surface area contributed by atoms with Gasteiger partial charge in [0.25, 0.3) is 12.1 Å². The van der Waals surface area contributed by atoms with Crippen molar-refractivity contribution in [3.63, 3.8) is 0 Å². The second kappa shape index (κ2) is 9.05. The number of aromatic nitrogens is 2. The third-order valence-corrected chi connectivity index (χ3v) is 5.55. The van der Waals surface area contributed by atoms with E-state index in [1.807, 2.05) is 24.3 Å². The largest absolute Gasteiger partial charge is 0.462 e. The van der Waals surface area contributed by atoms with E-state index < -0.39 is 42.5 Å². The van der Waals surface area contributed by atoms with Gasteiger partial charge >= 0.3 is 5.97 Å². The number of aliphatic hydroxyl groups is 2. The summed E-state index contributed by atoms with van der Waals surface area (Å²) in [6, 6.07) is 9.86. The molecule has 1 fully saturated rings. The van der Waals surface area contributed by atoms with Gasteiger partial charge in [0.2, 0.25) is 0 Å². The number of nitrogens with two attached hydrogens (primary N) is 2. The van der Waals surface area contributed by atoms with E-state index in [1.54, 1.807) is 18.5 Å². The zero-order valence-electron chi connectivity index (χ0n) is 17.1. The Balaban J connectivity index is 1.36. The van der Waals surface area contributed by atoms with Crippen LogP contribution in [0.25, 0.3) is 10.9 Å². The van der Waals surface area contributed by atoms with Crippen molar-refractivity contribution in [3.05, 3.63) is 66.1 Å². The Morgan fingerprint density at radius 1 is 1.19 bits per heavy atom. The molecular weight excluding hydrogens is 416 g/mol. The number of primary amides is 1. The van der Waals surface area contributed by atoms with Crippen LogP contribution in [0.4, 0.5) is 0 Å². The third-order valence-electron chi connectivity index (χ3n) is 5.55. The topological polar surface area (TPSA) is 165 Å². The van der Waals surface area contributed by atoms with Crippen LogP contribution < -0.4 is 16.0 Å². The number of H-pyrrole nitrogens is 1. The smallest absolute Gasteiger partial charge is 0.323 e. The van der Waals surface area contributed by atoms with Crippen molar-refractivity contribution < 1.29 is 33.8 Å². The van der Waals surface area contributed by atoms with Gasteiger partial charge in [-0.3, -0.25) is 9.59 Å². The molecule has 168 valence electrons. The van der Waals surface area contributed by atoms with Crippen LogP contribution in [0.5, 0.6) is 0 Å². The molecule has 0 unspecified atom stereocenters. The van der Waals surface area contributed by atoms with Crippen molar-refractivity contribution in [1.29, 1.82) is 0 Å². The van der Waals surface area contributed by atoms with Gasteiger partial charge in [0, 0.05) is 29.6 Å². The lowest BCUT2D eigenvalue weighted by molar-refractivity contribution is -0.765. The zero-order chi connectivity index (χ0) is 22.8. The van der Waals surface area contributed by atoms with Gasteiger partial charge in [-0.2, -0.15) is 4.57 Å². The van der Waals surface area contributed by atoms with Crippen molar-refractivity contribution in [2.45, 2.75) is 37.0 Å². The van der Waals surface area contributed by atoms with Crippen molar-refractivity contribution in [1.82, 2.24) is 4.98 Å². The molecular formula is C22H25N4O6+. The van der Waals surface area contributed by atoms with Crippen LogP contribution in [0, 0.1) is 0 Å². The van der Waals surface area contributed by atoms with E-state index in [1.165, 1.54) is 16.8 Å². The van der Waals surface area contributed by atoms with E-state index in [9.17, 15) is 19.8 Å². The van der Waals surface area contributed by atoms with Gasteiger partial charge in [-0.05, 0) is 17.7 Å². The van der Waals surface area contributed by atoms with E-state index in [4.69, 9.17) is 20.9 Å². The van der Waals surface area contributed by atoms with Gasteiger partial charge < -0.3 is 36.1 Å². The van der Waals surface area contributed by atoms with Gasteiger partial charge in [0.15, 0.2) is 18.5 Å². The summed E-state index contributed by atoms with van der Waals surface area (Å²) in [6.07, 6.45) is 0.510. The van der Waals surface area contributed by atoms with Crippen molar-refractivity contribution in [3.8, 4) is 0 Å². The van der Waals surface area contributed by atoms with Gasteiger partial charge in [0.1, 0.15) is 30.4 Å². The van der Waals surface area contributed by atoms with Gasteiger partial charge in [0.05, 0.1) is 0 Å². The summed E-state index contributed by atoms with van der Waals surface area (Å²) in [6.45, 7) is -0.286. The molecule has 1 aliphatic heterocycles. The molecule has 0 spiro atoms. The molecule has 7 N–H and O–H groups in total. The Morgan fingerprint density at radius 3 is 2.75 bits per heavy atom. The Hall–Kier alpha value is -3.31. The number of esters is 1. The molecule has 1 aliphatic rings. The molecule has 1 amide bonds. The molecule has 4 rings (SSSR count). The first kappa shape index (κ1) is 21.9. The number of pyridine rings is 1. The first-order valence-corrected chi connectivity index (χ1v) is 10.1. The van der Waals surface area contributed by atoms with E-state index in [-0.39, 0.29) is 18.6 Å². The first-order chi connectivity index (χ1) is 15.3. The number of hydrogen-bond acceptors (Lipinski definition) is 7. The number of nitrogens with one attached hydrogen (secondary N) is 1. The highest BCUT2D eigenvalue weighted by atomic mass is 16.6. The van der Waals surface area contributed by atoms with Crippen LogP contribution in [0.2, 0.25) is 0 Å². The SMILES string of the molecule is NC(=O)c1ccc[n+]([C@@H]2O[C@H](COC(=O)[C@@H](N)Cc3c[nH]c4ccccc34)[C@@H](O)[C@H]2O)c1. The average molecular weight is 441 g/mol. The Labute approximate surface area is 183 Å². The molecule has 32 heavy (non-hydrogen) atoms. The molecule has 10 nitrogen and oxygen atoms in total. The predicted molar refractivity (Wildman–Crippen MR) is 112 cm³/mol. The Bertz CT molecular complexity index is 1130. The minimum atomic E-state index is -1.30. The van der Waals surface area contributed by atoms with Crippen LogP contribution in [-0.4, -0.2) is 58.0 Å². The summed E-state index contributed by atoms with van der Waals surface area (Å²) < 4.78 is 12.4. The van der Waals surface area contributed by atoms with Crippen LogP contribution >= 0.6 is 0 Å². The molecule has 5 atom stereocenters. The van der Waals surface area contributed by atoms with Crippen molar-refractivity contribution in [2.24, 2.45) is 11.5 Å². The van der Waals surface area contributed by atoms with Crippen LogP contribution in [-0.2, 0) is 20.7 Å². The van der Waals surface area contributed by atoms with Crippen LogP contribution in [0.3, 0.4) is 0 Å².